The summed E-state index contributed by atoms with van der Waals surface area (Å²) in [5.41, 5.74) is 5.66. The van der Waals surface area contributed by atoms with Gasteiger partial charge < -0.3 is 20.7 Å². The fourth-order valence-electron chi connectivity index (χ4n) is 1.54. The van der Waals surface area contributed by atoms with Gasteiger partial charge in [-0.2, -0.15) is 0 Å². The Morgan fingerprint density at radius 2 is 2.25 bits per heavy atom. The van der Waals surface area contributed by atoms with E-state index < -0.39 is 5.82 Å². The Hall–Kier alpha value is -2.15. The molecule has 0 aliphatic rings. The Labute approximate surface area is 117 Å². The molecule has 0 aromatic heterocycles. The molecular weight excluding hydrogens is 263 g/mol. The number of nitrogens with two attached hydrogens (primary N) is 1. The summed E-state index contributed by atoms with van der Waals surface area (Å²) in [5, 5.41) is 9.79. The van der Waals surface area contributed by atoms with E-state index in [1.54, 1.807) is 6.07 Å². The fourth-order valence-corrected chi connectivity index (χ4v) is 1.54. The van der Waals surface area contributed by atoms with Crippen molar-refractivity contribution in [1.82, 2.24) is 4.90 Å². The highest BCUT2D eigenvalue weighted by molar-refractivity contribution is 5.89. The van der Waals surface area contributed by atoms with Gasteiger partial charge in [-0.25, -0.2) is 9.18 Å². The summed E-state index contributed by atoms with van der Waals surface area (Å²) in [6.45, 7) is 1.04. The lowest BCUT2D eigenvalue weighted by Gasteiger charge is -2.22. The van der Waals surface area contributed by atoms with E-state index >= 15 is 0 Å². The van der Waals surface area contributed by atoms with Crippen molar-refractivity contribution in [3.63, 3.8) is 0 Å². The first-order valence-corrected chi connectivity index (χ1v) is 6.16. The molecule has 20 heavy (non-hydrogen) atoms. The lowest BCUT2D eigenvalue weighted by molar-refractivity contribution is 0.156. The highest BCUT2D eigenvalue weighted by Gasteiger charge is 2.13. The van der Waals surface area contributed by atoms with E-state index in [-0.39, 0.29) is 18.3 Å². The highest BCUT2D eigenvalue weighted by atomic mass is 19.1. The van der Waals surface area contributed by atoms with E-state index in [0.29, 0.717) is 25.4 Å². The number of ether oxygens (including phenoxy) is 1. The van der Waals surface area contributed by atoms with Crippen molar-refractivity contribution in [3.05, 3.63) is 30.1 Å². The smallest absolute Gasteiger partial charge is 0.321 e. The van der Waals surface area contributed by atoms with Crippen LogP contribution in [0.2, 0.25) is 0 Å². The van der Waals surface area contributed by atoms with E-state index in [9.17, 15) is 9.18 Å². The number of halogens is 1. The van der Waals surface area contributed by atoms with Gasteiger partial charge in [0.1, 0.15) is 5.82 Å². The number of amides is 2. The first-order chi connectivity index (χ1) is 9.52. The minimum absolute atomic E-state index is 0.00553. The molecule has 4 N–H and O–H groups in total. The van der Waals surface area contributed by atoms with Crippen molar-refractivity contribution in [1.29, 1.82) is 5.41 Å². The van der Waals surface area contributed by atoms with Gasteiger partial charge in [0.15, 0.2) is 0 Å². The molecule has 0 heterocycles. The van der Waals surface area contributed by atoms with Crippen LogP contribution in [0.25, 0.3) is 0 Å². The second-order valence-electron chi connectivity index (χ2n) is 4.20. The monoisotopic (exact) mass is 282 g/mol. The number of nitrogens with one attached hydrogen (secondary N) is 2. The van der Waals surface area contributed by atoms with Gasteiger partial charge in [-0.1, -0.05) is 6.07 Å². The zero-order valence-corrected chi connectivity index (χ0v) is 11.4. The van der Waals surface area contributed by atoms with Crippen molar-refractivity contribution < 1.29 is 13.9 Å². The van der Waals surface area contributed by atoms with Crippen LogP contribution in [0.15, 0.2) is 24.3 Å². The molecule has 0 saturated carbocycles. The van der Waals surface area contributed by atoms with E-state index in [0.717, 1.165) is 0 Å². The Bertz CT molecular complexity index is 467. The average molecular weight is 282 g/mol. The van der Waals surface area contributed by atoms with Crippen LogP contribution in [-0.4, -0.2) is 43.6 Å². The molecule has 6 nitrogen and oxygen atoms in total. The van der Waals surface area contributed by atoms with Crippen molar-refractivity contribution in [3.8, 4) is 0 Å². The third-order valence-corrected chi connectivity index (χ3v) is 2.58. The molecule has 0 unspecified atom stereocenters. The van der Waals surface area contributed by atoms with Gasteiger partial charge in [-0.15, -0.1) is 0 Å². The SMILES string of the molecule is COCCN(CCC(=N)N)C(=O)Nc1cccc(F)c1. The minimum atomic E-state index is -0.421. The van der Waals surface area contributed by atoms with E-state index in [2.05, 4.69) is 5.32 Å². The van der Waals surface area contributed by atoms with Crippen LogP contribution < -0.4 is 11.1 Å². The summed E-state index contributed by atoms with van der Waals surface area (Å²) >= 11 is 0. The summed E-state index contributed by atoms with van der Waals surface area (Å²) in [7, 11) is 1.54. The maximum Gasteiger partial charge on any atom is 0.321 e. The van der Waals surface area contributed by atoms with Crippen molar-refractivity contribution in [2.24, 2.45) is 5.73 Å². The number of urea groups is 1. The van der Waals surface area contributed by atoms with Crippen LogP contribution in [0.3, 0.4) is 0 Å². The Kier molecular flexibility index (Phi) is 6.45. The number of nitrogens with zero attached hydrogens (tertiary/aromatic N) is 1. The predicted octanol–water partition coefficient (Wildman–Crippen LogP) is 1.63. The Morgan fingerprint density at radius 3 is 2.85 bits per heavy atom. The van der Waals surface area contributed by atoms with Crippen molar-refractivity contribution in [2.45, 2.75) is 6.42 Å². The van der Waals surface area contributed by atoms with E-state index in [1.165, 1.54) is 30.2 Å². The molecule has 0 atom stereocenters. The summed E-state index contributed by atoms with van der Waals surface area (Å²) in [6.07, 6.45) is 0.278. The normalized spacial score (nSPS) is 10.1. The standard InChI is InChI=1S/C13H19FN4O2/c1-20-8-7-18(6-5-12(15)16)13(19)17-11-4-2-3-10(14)9-11/h2-4,9H,5-8H2,1H3,(H3,15,16)(H,17,19). The summed E-state index contributed by atoms with van der Waals surface area (Å²) in [6, 6.07) is 5.26. The number of hydrogen-bond donors (Lipinski definition) is 3. The van der Waals surface area contributed by atoms with Crippen LogP contribution in [0, 0.1) is 11.2 Å². The van der Waals surface area contributed by atoms with Crippen molar-refractivity contribution >= 4 is 17.6 Å². The summed E-state index contributed by atoms with van der Waals surface area (Å²) in [5.74, 6) is -0.416. The Balaban J connectivity index is 2.63. The molecule has 0 spiro atoms. The molecule has 1 aromatic rings. The molecule has 0 saturated heterocycles. The molecule has 0 bridgehead atoms. The van der Waals surface area contributed by atoms with Gasteiger partial charge >= 0.3 is 6.03 Å². The number of carbonyl (C=O) groups is 1. The molecule has 110 valence electrons. The van der Waals surface area contributed by atoms with Gasteiger partial charge in [0.25, 0.3) is 0 Å². The number of methoxy groups -OCH3 is 1. The molecule has 0 aliphatic heterocycles. The number of rotatable bonds is 7. The zero-order valence-electron chi connectivity index (χ0n) is 11.4. The molecule has 0 radical (unpaired) electrons. The van der Waals surface area contributed by atoms with Crippen LogP contribution >= 0.6 is 0 Å². The first kappa shape index (κ1) is 15.9. The number of amidine groups is 1. The number of anilines is 1. The second kappa shape index (κ2) is 8.11. The molecule has 7 heteroatoms. The number of hydrogen-bond acceptors (Lipinski definition) is 3. The van der Waals surface area contributed by atoms with Gasteiger partial charge in [0, 0.05) is 32.3 Å². The van der Waals surface area contributed by atoms with Crippen LogP contribution in [-0.2, 0) is 4.74 Å². The number of carbonyl (C=O) groups excluding carboxylic acids is 1. The maximum atomic E-state index is 13.0. The first-order valence-electron chi connectivity index (χ1n) is 6.16. The van der Waals surface area contributed by atoms with E-state index in [1.807, 2.05) is 0 Å². The maximum absolute atomic E-state index is 13.0. The molecule has 0 aliphatic carbocycles. The molecule has 2 amide bonds. The van der Waals surface area contributed by atoms with Crippen LogP contribution in [0.4, 0.5) is 14.9 Å². The summed E-state index contributed by atoms with van der Waals surface area (Å²) in [4.78, 5) is 13.5. The molecule has 0 fully saturated rings. The quantitative estimate of drug-likeness (QED) is 0.524. The predicted molar refractivity (Wildman–Crippen MR) is 75.4 cm³/mol. The fraction of sp³-hybridized carbons (Fsp3) is 0.385. The van der Waals surface area contributed by atoms with Crippen LogP contribution in [0.1, 0.15) is 6.42 Å². The van der Waals surface area contributed by atoms with E-state index in [4.69, 9.17) is 15.9 Å². The summed E-state index contributed by atoms with van der Waals surface area (Å²) < 4.78 is 18.0. The average Bonchev–Trinajstić information content (AvgIpc) is 2.38. The lowest BCUT2D eigenvalue weighted by atomic mass is 10.3. The third-order valence-electron chi connectivity index (χ3n) is 2.58. The van der Waals surface area contributed by atoms with Gasteiger partial charge in [0.05, 0.1) is 12.4 Å². The van der Waals surface area contributed by atoms with Gasteiger partial charge in [-0.3, -0.25) is 5.41 Å². The topological polar surface area (TPSA) is 91.4 Å². The van der Waals surface area contributed by atoms with Crippen LogP contribution in [0.5, 0.6) is 0 Å². The largest absolute Gasteiger partial charge is 0.388 e. The highest BCUT2D eigenvalue weighted by Crippen LogP contribution is 2.10. The minimum Gasteiger partial charge on any atom is -0.388 e. The van der Waals surface area contributed by atoms with Gasteiger partial charge in [-0.05, 0) is 18.2 Å². The number of benzene rings is 1. The Morgan fingerprint density at radius 1 is 1.50 bits per heavy atom. The zero-order chi connectivity index (χ0) is 15.0. The second-order valence-corrected chi connectivity index (χ2v) is 4.20. The van der Waals surface area contributed by atoms with Gasteiger partial charge in [0.2, 0.25) is 0 Å². The third kappa shape index (κ3) is 5.66. The molecular formula is C13H19FN4O2. The lowest BCUT2D eigenvalue weighted by Crippen LogP contribution is -2.39. The van der Waals surface area contributed by atoms with Crippen molar-refractivity contribution in [2.75, 3.05) is 32.1 Å². The molecule has 1 rings (SSSR count). The molecule has 1 aromatic carbocycles.